The van der Waals surface area contributed by atoms with E-state index in [-0.39, 0.29) is 11.4 Å². The Morgan fingerprint density at radius 2 is 2.20 bits per heavy atom. The summed E-state index contributed by atoms with van der Waals surface area (Å²) in [6, 6.07) is 0. The van der Waals surface area contributed by atoms with Crippen molar-refractivity contribution in [2.45, 2.75) is 26.3 Å². The van der Waals surface area contributed by atoms with E-state index < -0.39 is 0 Å². The van der Waals surface area contributed by atoms with Gasteiger partial charge in [-0.25, -0.2) is 0 Å². The van der Waals surface area contributed by atoms with Crippen molar-refractivity contribution in [1.82, 2.24) is 10.6 Å². The summed E-state index contributed by atoms with van der Waals surface area (Å²) in [5.41, 5.74) is -0.347. The third-order valence-electron chi connectivity index (χ3n) is 2.33. The third-order valence-corrected chi connectivity index (χ3v) is 2.33. The molecule has 3 heteroatoms. The van der Waals surface area contributed by atoms with Crippen molar-refractivity contribution in [1.29, 1.82) is 0 Å². The Morgan fingerprint density at radius 1 is 1.60 bits per heavy atom. The molecule has 0 aromatic rings. The summed E-state index contributed by atoms with van der Waals surface area (Å²) in [4.78, 5) is 11.2. The summed E-state index contributed by atoms with van der Waals surface area (Å²) in [7, 11) is 0. The molecule has 0 saturated carbocycles. The molecule has 0 aliphatic carbocycles. The van der Waals surface area contributed by atoms with Crippen LogP contribution in [0.4, 0.5) is 0 Å². The molecule has 3 nitrogen and oxygen atoms in total. The van der Waals surface area contributed by atoms with Crippen molar-refractivity contribution in [2.75, 3.05) is 6.67 Å². The van der Waals surface area contributed by atoms with Gasteiger partial charge in [-0.05, 0) is 12.8 Å². The highest BCUT2D eigenvalue weighted by Crippen LogP contribution is 2.18. The van der Waals surface area contributed by atoms with E-state index in [2.05, 4.69) is 10.6 Å². The second-order valence-electron chi connectivity index (χ2n) is 3.22. The summed E-state index contributed by atoms with van der Waals surface area (Å²) in [5, 5.41) is 5.86. The predicted molar refractivity (Wildman–Crippen MR) is 39.4 cm³/mol. The van der Waals surface area contributed by atoms with E-state index in [0.29, 0.717) is 12.6 Å². The number of carbonyl (C=O) groups excluding carboxylic acids is 1. The van der Waals surface area contributed by atoms with Gasteiger partial charge < -0.3 is 5.32 Å². The predicted octanol–water partition coefficient (Wildman–Crippen LogP) is 0.0780. The van der Waals surface area contributed by atoms with Gasteiger partial charge in [0, 0.05) is 0 Å². The zero-order valence-electron chi connectivity index (χ0n) is 6.69. The fraction of sp³-hybridized carbons (Fsp3) is 0.857. The lowest BCUT2D eigenvalue weighted by Gasteiger charge is -2.25. The first-order chi connectivity index (χ1) is 4.57. The lowest BCUT2D eigenvalue weighted by molar-refractivity contribution is -0.124. The SMILES string of the molecule is CC(C)C1(C)NCNC1=O. The van der Waals surface area contributed by atoms with Crippen LogP contribution in [0, 0.1) is 5.92 Å². The van der Waals surface area contributed by atoms with E-state index in [9.17, 15) is 4.79 Å². The fourth-order valence-corrected chi connectivity index (χ4v) is 1.04. The minimum Gasteiger partial charge on any atom is -0.342 e. The molecular weight excluding hydrogens is 128 g/mol. The molecule has 58 valence electrons. The van der Waals surface area contributed by atoms with Crippen LogP contribution in [-0.2, 0) is 4.79 Å². The Hall–Kier alpha value is -0.570. The molecule has 10 heavy (non-hydrogen) atoms. The number of hydrogen-bond donors (Lipinski definition) is 2. The summed E-state index contributed by atoms with van der Waals surface area (Å²) in [6.07, 6.45) is 0. The molecule has 1 atom stereocenters. The summed E-state index contributed by atoms with van der Waals surface area (Å²) in [6.45, 7) is 6.61. The normalized spacial score (nSPS) is 33.0. The molecule has 0 bridgehead atoms. The quantitative estimate of drug-likeness (QED) is 0.544. The molecule has 1 rings (SSSR count). The van der Waals surface area contributed by atoms with Crippen molar-refractivity contribution < 1.29 is 4.79 Å². The number of amides is 1. The van der Waals surface area contributed by atoms with Crippen molar-refractivity contribution in [2.24, 2.45) is 5.92 Å². The third kappa shape index (κ3) is 0.904. The zero-order chi connectivity index (χ0) is 7.78. The van der Waals surface area contributed by atoms with E-state index in [4.69, 9.17) is 0 Å². The molecule has 1 fully saturated rings. The Balaban J connectivity index is 2.75. The van der Waals surface area contributed by atoms with Gasteiger partial charge in [-0.2, -0.15) is 0 Å². The van der Waals surface area contributed by atoms with Crippen LogP contribution < -0.4 is 10.6 Å². The topological polar surface area (TPSA) is 41.1 Å². The van der Waals surface area contributed by atoms with E-state index >= 15 is 0 Å². The van der Waals surface area contributed by atoms with Crippen molar-refractivity contribution >= 4 is 5.91 Å². The highest BCUT2D eigenvalue weighted by molar-refractivity contribution is 5.87. The molecule has 0 radical (unpaired) electrons. The van der Waals surface area contributed by atoms with Gasteiger partial charge in [0.1, 0.15) is 0 Å². The minimum absolute atomic E-state index is 0.113. The van der Waals surface area contributed by atoms with E-state index in [1.54, 1.807) is 0 Å². The standard InChI is InChI=1S/C7H14N2O/c1-5(2)7(3)6(10)8-4-9-7/h5,9H,4H2,1-3H3,(H,8,10). The van der Waals surface area contributed by atoms with Crippen LogP contribution in [0.25, 0.3) is 0 Å². The van der Waals surface area contributed by atoms with Gasteiger partial charge in [-0.3, -0.25) is 10.1 Å². The van der Waals surface area contributed by atoms with Crippen LogP contribution in [0.2, 0.25) is 0 Å². The van der Waals surface area contributed by atoms with Crippen LogP contribution in [-0.4, -0.2) is 18.1 Å². The highest BCUT2D eigenvalue weighted by atomic mass is 16.2. The van der Waals surface area contributed by atoms with Crippen LogP contribution in [0.3, 0.4) is 0 Å². The second-order valence-corrected chi connectivity index (χ2v) is 3.22. The molecule has 1 amide bonds. The molecular formula is C7H14N2O. The van der Waals surface area contributed by atoms with Crippen molar-refractivity contribution in [3.63, 3.8) is 0 Å². The smallest absolute Gasteiger partial charge is 0.241 e. The van der Waals surface area contributed by atoms with Crippen LogP contribution in [0.5, 0.6) is 0 Å². The van der Waals surface area contributed by atoms with Crippen LogP contribution >= 0.6 is 0 Å². The first kappa shape index (κ1) is 7.54. The Bertz CT molecular complexity index is 156. The fourth-order valence-electron chi connectivity index (χ4n) is 1.04. The maximum absolute atomic E-state index is 11.2. The van der Waals surface area contributed by atoms with Gasteiger partial charge >= 0.3 is 0 Å². The van der Waals surface area contributed by atoms with Crippen molar-refractivity contribution in [3.05, 3.63) is 0 Å². The summed E-state index contributed by atoms with van der Waals surface area (Å²) < 4.78 is 0. The molecule has 1 aliphatic rings. The Labute approximate surface area is 61.2 Å². The average molecular weight is 142 g/mol. The number of rotatable bonds is 1. The lowest BCUT2D eigenvalue weighted by Crippen LogP contribution is -2.47. The monoisotopic (exact) mass is 142 g/mol. The van der Waals surface area contributed by atoms with Gasteiger partial charge in [0.2, 0.25) is 5.91 Å². The lowest BCUT2D eigenvalue weighted by atomic mass is 9.89. The molecule has 1 heterocycles. The van der Waals surface area contributed by atoms with Gasteiger partial charge in [0.15, 0.2) is 0 Å². The molecule has 2 N–H and O–H groups in total. The maximum Gasteiger partial charge on any atom is 0.241 e. The molecule has 0 aromatic carbocycles. The van der Waals surface area contributed by atoms with Crippen LogP contribution in [0.1, 0.15) is 20.8 Å². The van der Waals surface area contributed by atoms with Gasteiger partial charge in [0.05, 0.1) is 12.2 Å². The van der Waals surface area contributed by atoms with Crippen molar-refractivity contribution in [3.8, 4) is 0 Å². The van der Waals surface area contributed by atoms with Gasteiger partial charge in [-0.15, -0.1) is 0 Å². The maximum atomic E-state index is 11.2. The summed E-state index contributed by atoms with van der Waals surface area (Å²) >= 11 is 0. The average Bonchev–Trinajstić information content (AvgIpc) is 2.15. The van der Waals surface area contributed by atoms with E-state index in [0.717, 1.165) is 0 Å². The molecule has 1 saturated heterocycles. The van der Waals surface area contributed by atoms with Gasteiger partial charge in [0.25, 0.3) is 0 Å². The van der Waals surface area contributed by atoms with Crippen LogP contribution in [0.15, 0.2) is 0 Å². The Kier molecular flexibility index (Phi) is 1.68. The molecule has 0 aromatic heterocycles. The summed E-state index contributed by atoms with van der Waals surface area (Å²) in [5.74, 6) is 0.456. The number of carbonyl (C=O) groups is 1. The zero-order valence-corrected chi connectivity index (χ0v) is 6.69. The largest absolute Gasteiger partial charge is 0.342 e. The molecule has 1 unspecified atom stereocenters. The minimum atomic E-state index is -0.347. The number of hydrogen-bond acceptors (Lipinski definition) is 2. The Morgan fingerprint density at radius 3 is 2.40 bits per heavy atom. The molecule has 0 spiro atoms. The van der Waals surface area contributed by atoms with E-state index in [1.165, 1.54) is 0 Å². The first-order valence-corrected chi connectivity index (χ1v) is 3.60. The van der Waals surface area contributed by atoms with Gasteiger partial charge in [-0.1, -0.05) is 13.8 Å². The van der Waals surface area contributed by atoms with E-state index in [1.807, 2.05) is 20.8 Å². The second kappa shape index (κ2) is 2.23. The number of nitrogens with one attached hydrogen (secondary N) is 2. The first-order valence-electron chi connectivity index (χ1n) is 3.60. The highest BCUT2D eigenvalue weighted by Gasteiger charge is 2.39. The molecule has 1 aliphatic heterocycles.